The quantitative estimate of drug-likeness (QED) is 0.0153. The number of nitrogens with one attached hydrogen (secondary N) is 22. The molecule has 62 nitrogen and oxygen atoms in total. The lowest BCUT2D eigenvalue weighted by Crippen LogP contribution is -2.63. The number of aliphatic carboxylic acids is 3. The molecule has 0 spiro atoms. The zero-order valence-electron chi connectivity index (χ0n) is 82.7. The fraction of sp³-hybridized carbons (Fsp3) is 0.690. The number of carboxylic acid groups (broad SMARTS) is 3. The molecule has 1 aliphatic heterocycles. The molecule has 147 heavy (non-hydrogen) atoms. The van der Waals surface area contributed by atoms with E-state index in [9.17, 15) is 166 Å². The average Bonchev–Trinajstić information content (AvgIpc) is 1.70. The van der Waals surface area contributed by atoms with Gasteiger partial charge in [-0.25, -0.2) is 4.79 Å². The number of hydrogen-bond donors (Lipinski definition) is 37. The van der Waals surface area contributed by atoms with Crippen LogP contribution in [0.5, 0.6) is 0 Å². The third kappa shape index (κ3) is 48.2. The molecule has 1 heterocycles. The highest BCUT2D eigenvalue weighted by molar-refractivity contribution is 7.98. The molecular formula is C84H144N28O34S. The van der Waals surface area contributed by atoms with E-state index < -0.39 is 377 Å². The third-order valence-corrected chi connectivity index (χ3v) is 22.8. The second-order valence-electron chi connectivity index (χ2n) is 34.9. The number of thioether (sulfide) groups is 1. The Bertz CT molecular complexity index is 4560. The summed E-state index contributed by atoms with van der Waals surface area (Å²) in [6.07, 6.45) is -5.88. The van der Waals surface area contributed by atoms with Crippen molar-refractivity contribution in [3.63, 3.8) is 0 Å². The lowest BCUT2D eigenvalue weighted by molar-refractivity contribution is -0.144. The number of likely N-dealkylation sites (tertiary alicyclic amines) is 1. The molecular weight excluding hydrogens is 1980 g/mol. The summed E-state index contributed by atoms with van der Waals surface area (Å²) in [7, 11) is 0. The number of nitrogens with zero attached hydrogens (tertiary/aromatic N) is 1. The molecule has 0 aromatic heterocycles. The topological polar surface area (TPSA) is 1030 Å². The maximum Gasteiger partial charge on any atom is 0.326 e. The minimum Gasteiger partial charge on any atom is -0.481 e. The smallest absolute Gasteiger partial charge is 0.326 e. The van der Waals surface area contributed by atoms with E-state index in [4.69, 9.17) is 39.5 Å². The van der Waals surface area contributed by atoms with Crippen molar-refractivity contribution in [3.8, 4) is 0 Å². The second-order valence-corrected chi connectivity index (χ2v) is 35.9. The van der Waals surface area contributed by atoms with Gasteiger partial charge in [-0.3, -0.25) is 121 Å². The summed E-state index contributed by atoms with van der Waals surface area (Å²) in [5.74, 6) is -32.6. The summed E-state index contributed by atoms with van der Waals surface area (Å²) in [6, 6.07) is -33.8. The van der Waals surface area contributed by atoms with Crippen molar-refractivity contribution in [2.75, 3.05) is 77.8 Å². The SMILES string of the molecule is CC[C@H](C)[C@H](NC(=O)[C@H](CC(=O)O)NC(=O)[C@H](CCCNC(=N)N)NC(=O)[C@@H](N)CO)C(=O)N[C@@H](CCC(N)=O)C(=O)N[C@@H](CCSC)C(=O)N[C@H](C(=O)N[C@@H](CCC(N)=O)C(=O)N[C@@H](CO)C(=O)N1CCC[C@H]1C(=O)N[C@@H](CO)C(=O)N[C@@H](CO)C(=O)N[C@@H](CC(C)C)C(=O)N[C@@H](CO)C(=O)N[C@@H](C)C(=O)N[C@@H](CO)C(=O)N[C@H](C(=O)NCC(=O)N[C@@H](CC(=O)O)C(=O)N[C@@H](CCCNC(=N)N)C(=O)O)C(C)C)[C@@H](C)O. The summed E-state index contributed by atoms with van der Waals surface area (Å²) >= 11 is 1.14. The van der Waals surface area contributed by atoms with Crippen molar-refractivity contribution in [2.24, 2.45) is 46.4 Å². The number of primary amides is 2. The lowest BCUT2D eigenvalue weighted by Gasteiger charge is -2.30. The zero-order chi connectivity index (χ0) is 112. The summed E-state index contributed by atoms with van der Waals surface area (Å²) in [5, 5.41) is 161. The molecule has 1 saturated heterocycles. The molecule has 21 amide bonds. The van der Waals surface area contributed by atoms with E-state index in [1.165, 1.54) is 20.8 Å². The Hall–Kier alpha value is -14.1. The largest absolute Gasteiger partial charge is 0.481 e. The first-order valence-corrected chi connectivity index (χ1v) is 48.0. The van der Waals surface area contributed by atoms with Crippen LogP contribution in [0.2, 0.25) is 0 Å². The number of guanidine groups is 2. The number of hydrogen-bond acceptors (Lipinski definition) is 35. The van der Waals surface area contributed by atoms with E-state index in [0.717, 1.165) is 30.5 Å². The van der Waals surface area contributed by atoms with Crippen molar-refractivity contribution < 1.29 is 166 Å². The van der Waals surface area contributed by atoms with Gasteiger partial charge in [0.2, 0.25) is 124 Å². The molecule has 63 heteroatoms. The van der Waals surface area contributed by atoms with Crippen LogP contribution < -0.4 is 135 Å². The standard InChI is InChI=1S/C84H144N28O34S/c1-10-38(6)62(110-72(135)49(28-60(125)126)103-66(129)42(14-11-22-92-83(88)89)97-65(128)41(85)30-113)79(142)99-43(17-19-56(86)120)67(130)98-45(21-25-147-9)69(132)111-63(40(8)119)80(143)100-44(18-20-57(87)121)68(131)108-54(35-118)81(144)112-24-13-16-55(112)77(140)107-52(33-116)75(138)106-51(32-115)74(137)102-47(26-36(2)3)70(133)105-50(31-114)73(136)95-39(7)64(127)104-53(34-117)76(139)109-61(37(4)5)78(141)94-29-58(122)96-48(27-59(123)124)71(134)101-46(82(145)146)15-12-23-93-84(90)91/h36-55,61-63,113-119H,10-35,85H2,1-9H3,(H2,86,120)(H2,87,121)(H,94,141)(H,95,136)(H,96,122)(H,97,128)(H,98,130)(H,99,142)(H,100,143)(H,101,134)(H,102,137)(H,103,129)(H,104,127)(H,105,133)(H,106,138)(H,107,140)(H,108,131)(H,109,139)(H,110,135)(H,111,132)(H,123,124)(H,125,126)(H,145,146)(H4,88,89,92)(H4,90,91,93)/t38-,39-,40+,41-,42-,43-,44-,45-,46-,47-,48-,49-,50-,51-,52-,53-,54-,55-,61-,62-,63-/m0/s1. The molecule has 0 unspecified atom stereocenters. The van der Waals surface area contributed by atoms with Crippen LogP contribution in [0.25, 0.3) is 0 Å². The summed E-state index contributed by atoms with van der Waals surface area (Å²) in [5.41, 5.74) is 27.0. The molecule has 1 rings (SSSR count). The molecule has 830 valence electrons. The van der Waals surface area contributed by atoms with Crippen LogP contribution in [-0.4, -0.2) is 409 Å². The summed E-state index contributed by atoms with van der Waals surface area (Å²) < 4.78 is 0. The fourth-order valence-corrected chi connectivity index (χ4v) is 14.3. The summed E-state index contributed by atoms with van der Waals surface area (Å²) in [6.45, 7) is 3.05. The molecule has 0 aromatic rings. The van der Waals surface area contributed by atoms with Crippen molar-refractivity contribution in [1.29, 1.82) is 10.8 Å². The van der Waals surface area contributed by atoms with Gasteiger partial charge in [0, 0.05) is 32.5 Å². The Balaban J connectivity index is 3.38. The van der Waals surface area contributed by atoms with Gasteiger partial charge in [-0.05, 0) is 108 Å². The molecule has 0 bridgehead atoms. The number of aliphatic hydroxyl groups excluding tert-OH is 7. The van der Waals surface area contributed by atoms with Gasteiger partial charge in [0.05, 0.1) is 65.1 Å². The first-order valence-electron chi connectivity index (χ1n) is 46.6. The van der Waals surface area contributed by atoms with Gasteiger partial charge < -0.3 is 191 Å². The number of carbonyl (C=O) groups is 24. The number of rotatable bonds is 71. The van der Waals surface area contributed by atoms with Gasteiger partial charge in [-0.1, -0.05) is 48.0 Å². The molecule has 1 aliphatic rings. The lowest BCUT2D eigenvalue weighted by atomic mass is 9.96. The van der Waals surface area contributed by atoms with Gasteiger partial charge in [-0.2, -0.15) is 11.8 Å². The molecule has 0 radical (unpaired) electrons. The van der Waals surface area contributed by atoms with Crippen LogP contribution in [0.1, 0.15) is 152 Å². The third-order valence-electron chi connectivity index (χ3n) is 22.2. The van der Waals surface area contributed by atoms with Gasteiger partial charge in [-0.15, -0.1) is 0 Å². The van der Waals surface area contributed by atoms with E-state index in [-0.39, 0.29) is 83.2 Å². The number of carboxylic acids is 3. The van der Waals surface area contributed by atoms with Crippen molar-refractivity contribution in [2.45, 2.75) is 273 Å². The first kappa shape index (κ1) is 131. The Morgan fingerprint density at radius 1 is 0.388 bits per heavy atom. The second kappa shape index (κ2) is 67.5. The predicted octanol–water partition coefficient (Wildman–Crippen LogP) is -17.4. The van der Waals surface area contributed by atoms with Gasteiger partial charge in [0.15, 0.2) is 11.9 Å². The van der Waals surface area contributed by atoms with Crippen LogP contribution in [0.15, 0.2) is 0 Å². The van der Waals surface area contributed by atoms with Crippen LogP contribution in [-0.2, 0) is 115 Å². The minimum atomic E-state index is -2.07. The van der Waals surface area contributed by atoms with Gasteiger partial charge in [0.1, 0.15) is 115 Å². The first-order chi connectivity index (χ1) is 68.9. The normalized spacial score (nSPS) is 16.2. The Kier molecular flexibility index (Phi) is 60.1. The predicted molar refractivity (Wildman–Crippen MR) is 512 cm³/mol. The summed E-state index contributed by atoms with van der Waals surface area (Å²) in [4.78, 5) is 323. The van der Waals surface area contributed by atoms with E-state index in [1.54, 1.807) is 27.0 Å². The molecule has 0 aromatic carbocycles. The van der Waals surface area contributed by atoms with E-state index in [0.29, 0.717) is 0 Å². The van der Waals surface area contributed by atoms with Crippen molar-refractivity contribution in [1.82, 2.24) is 111 Å². The number of aliphatic hydroxyl groups is 7. The molecule has 42 N–H and O–H groups in total. The number of nitrogens with two attached hydrogens (primary N) is 5. The highest BCUT2D eigenvalue weighted by Gasteiger charge is 2.44. The average molecular weight is 2120 g/mol. The minimum absolute atomic E-state index is 0.00212. The maximum absolute atomic E-state index is 14.4. The fourth-order valence-electron chi connectivity index (χ4n) is 13.8. The highest BCUT2D eigenvalue weighted by atomic mass is 32.2. The Morgan fingerprint density at radius 2 is 0.748 bits per heavy atom. The van der Waals surface area contributed by atoms with Crippen LogP contribution in [0.3, 0.4) is 0 Å². The Morgan fingerprint density at radius 3 is 1.19 bits per heavy atom. The van der Waals surface area contributed by atoms with Gasteiger partial charge >= 0.3 is 17.9 Å². The molecule has 21 atom stereocenters. The van der Waals surface area contributed by atoms with Crippen molar-refractivity contribution >= 4 is 166 Å². The van der Waals surface area contributed by atoms with Crippen LogP contribution >= 0.6 is 11.8 Å². The number of amides is 21. The number of carbonyl (C=O) groups excluding carboxylic acids is 21. The van der Waals surface area contributed by atoms with Crippen LogP contribution in [0.4, 0.5) is 0 Å². The molecule has 0 saturated carbocycles. The maximum atomic E-state index is 14.4. The van der Waals surface area contributed by atoms with E-state index >= 15 is 0 Å². The molecule has 0 aliphatic carbocycles. The van der Waals surface area contributed by atoms with E-state index in [2.05, 4.69) is 106 Å². The monoisotopic (exact) mass is 2120 g/mol. The zero-order valence-corrected chi connectivity index (χ0v) is 83.5. The Labute approximate surface area is 847 Å². The van der Waals surface area contributed by atoms with Crippen LogP contribution in [0, 0.1) is 28.6 Å². The highest BCUT2D eigenvalue weighted by Crippen LogP contribution is 2.21. The van der Waals surface area contributed by atoms with E-state index in [1.807, 2.05) is 0 Å². The van der Waals surface area contributed by atoms with Crippen molar-refractivity contribution in [3.05, 3.63) is 0 Å². The molecule has 1 fully saturated rings. The van der Waals surface area contributed by atoms with Gasteiger partial charge in [0.25, 0.3) is 0 Å².